The fraction of sp³-hybridized carbons (Fsp3) is 0.237. The van der Waals surface area contributed by atoms with Crippen molar-refractivity contribution in [2.75, 3.05) is 18.0 Å². The molecule has 0 radical (unpaired) electrons. The molecule has 6 rings (SSSR count). The molecule has 0 amide bonds. The van der Waals surface area contributed by atoms with Gasteiger partial charge in [-0.05, 0) is 59.1 Å². The number of hydrogen-bond donors (Lipinski definition) is 0. The zero-order valence-electron chi connectivity index (χ0n) is 25.4. The van der Waals surface area contributed by atoms with Gasteiger partial charge in [0.05, 0.1) is 0 Å². The van der Waals surface area contributed by atoms with Crippen LogP contribution in [0.1, 0.15) is 67.6 Å². The number of carbonyl (C=O) groups is 2. The SMILES string of the molecule is Cc1ccccc1CC(=O)c1ccc(-c2ccc(CC(=O)c3oc(N4CCC(c5ccccc5)CC4)nc3C(F)(F)F)cc2)cc1. The average Bonchev–Trinajstić information content (AvgIpc) is 3.54. The summed E-state index contributed by atoms with van der Waals surface area (Å²) in [4.78, 5) is 31.4. The van der Waals surface area contributed by atoms with Gasteiger partial charge in [0.2, 0.25) is 11.5 Å². The van der Waals surface area contributed by atoms with Crippen LogP contribution in [0.3, 0.4) is 0 Å². The Labute approximate surface area is 265 Å². The van der Waals surface area contributed by atoms with Gasteiger partial charge in [-0.15, -0.1) is 0 Å². The predicted molar refractivity (Wildman–Crippen MR) is 171 cm³/mol. The number of aryl methyl sites for hydroxylation is 1. The smallest absolute Gasteiger partial charge is 0.420 e. The van der Waals surface area contributed by atoms with E-state index in [0.717, 1.165) is 35.1 Å². The molecule has 0 bridgehead atoms. The first-order valence-electron chi connectivity index (χ1n) is 15.3. The number of alkyl halides is 3. The first-order valence-corrected chi connectivity index (χ1v) is 15.3. The van der Waals surface area contributed by atoms with E-state index >= 15 is 0 Å². The van der Waals surface area contributed by atoms with Crippen LogP contribution in [0, 0.1) is 6.92 Å². The molecule has 8 heteroatoms. The topological polar surface area (TPSA) is 63.4 Å². The summed E-state index contributed by atoms with van der Waals surface area (Å²) in [5.41, 5.74) is 4.87. The van der Waals surface area contributed by atoms with E-state index in [9.17, 15) is 22.8 Å². The summed E-state index contributed by atoms with van der Waals surface area (Å²) in [5.74, 6) is -1.21. The van der Waals surface area contributed by atoms with Gasteiger partial charge >= 0.3 is 6.18 Å². The predicted octanol–water partition coefficient (Wildman–Crippen LogP) is 8.90. The molecule has 0 atom stereocenters. The molecule has 46 heavy (non-hydrogen) atoms. The van der Waals surface area contributed by atoms with Crippen LogP contribution in [-0.2, 0) is 19.0 Å². The molecule has 1 saturated heterocycles. The molecule has 0 unspecified atom stereocenters. The molecular formula is C38H33F3N2O3. The van der Waals surface area contributed by atoms with E-state index in [1.807, 2.05) is 61.5 Å². The molecule has 2 heterocycles. The molecular weight excluding hydrogens is 589 g/mol. The Balaban J connectivity index is 1.11. The van der Waals surface area contributed by atoms with Crippen molar-refractivity contribution < 1.29 is 27.2 Å². The second-order valence-corrected chi connectivity index (χ2v) is 11.7. The summed E-state index contributed by atoms with van der Waals surface area (Å²) >= 11 is 0. The normalized spacial score (nSPS) is 14.0. The number of hydrogen-bond acceptors (Lipinski definition) is 5. The number of oxazole rings is 1. The van der Waals surface area contributed by atoms with Crippen LogP contribution in [0.25, 0.3) is 11.1 Å². The molecule has 1 fully saturated rings. The van der Waals surface area contributed by atoms with E-state index in [1.54, 1.807) is 41.3 Å². The highest BCUT2D eigenvalue weighted by Gasteiger charge is 2.42. The van der Waals surface area contributed by atoms with Crippen LogP contribution in [0.5, 0.6) is 0 Å². The van der Waals surface area contributed by atoms with Gasteiger partial charge in [0.1, 0.15) is 0 Å². The Kier molecular flexibility index (Phi) is 8.88. The van der Waals surface area contributed by atoms with Gasteiger partial charge in [0.15, 0.2) is 11.5 Å². The second-order valence-electron chi connectivity index (χ2n) is 11.7. The summed E-state index contributed by atoms with van der Waals surface area (Å²) in [6.45, 7) is 2.94. The Morgan fingerprint density at radius 2 is 1.39 bits per heavy atom. The third-order valence-corrected chi connectivity index (χ3v) is 8.65. The molecule has 1 aromatic heterocycles. The van der Waals surface area contributed by atoms with Gasteiger partial charge in [0, 0.05) is 31.5 Å². The lowest BCUT2D eigenvalue weighted by molar-refractivity contribution is -0.141. The van der Waals surface area contributed by atoms with Gasteiger partial charge in [-0.2, -0.15) is 18.2 Å². The molecule has 5 aromatic rings. The summed E-state index contributed by atoms with van der Waals surface area (Å²) in [6.07, 6.45) is -3.28. The highest BCUT2D eigenvalue weighted by atomic mass is 19.4. The van der Waals surface area contributed by atoms with Gasteiger partial charge < -0.3 is 9.32 Å². The third kappa shape index (κ3) is 6.96. The Hall–Kier alpha value is -4.98. The number of nitrogens with zero attached hydrogens (tertiary/aromatic N) is 2. The van der Waals surface area contributed by atoms with E-state index in [1.165, 1.54) is 5.56 Å². The summed E-state index contributed by atoms with van der Waals surface area (Å²) in [7, 11) is 0. The van der Waals surface area contributed by atoms with Crippen molar-refractivity contribution in [2.24, 2.45) is 0 Å². The van der Waals surface area contributed by atoms with Crippen molar-refractivity contribution in [3.63, 3.8) is 0 Å². The van der Waals surface area contributed by atoms with Crippen molar-refractivity contribution in [3.8, 4) is 11.1 Å². The number of ketones is 2. The molecule has 0 aliphatic carbocycles. The molecule has 0 N–H and O–H groups in total. The number of anilines is 1. The number of carbonyl (C=O) groups excluding carboxylic acids is 2. The maximum absolute atomic E-state index is 13.9. The zero-order chi connectivity index (χ0) is 32.3. The van der Waals surface area contributed by atoms with Crippen molar-refractivity contribution in [2.45, 2.75) is 44.7 Å². The van der Waals surface area contributed by atoms with Gasteiger partial charge in [-0.1, -0.05) is 103 Å². The summed E-state index contributed by atoms with van der Waals surface area (Å²) in [5, 5.41) is 0. The van der Waals surface area contributed by atoms with Crippen molar-refractivity contribution in [1.29, 1.82) is 0 Å². The third-order valence-electron chi connectivity index (χ3n) is 8.65. The lowest BCUT2D eigenvalue weighted by atomic mass is 9.90. The monoisotopic (exact) mass is 622 g/mol. The number of rotatable bonds is 9. The van der Waals surface area contributed by atoms with E-state index in [4.69, 9.17) is 4.42 Å². The van der Waals surface area contributed by atoms with Crippen molar-refractivity contribution in [1.82, 2.24) is 4.98 Å². The first kappa shape index (κ1) is 31.0. The van der Waals surface area contributed by atoms with Crippen LogP contribution >= 0.6 is 0 Å². The average molecular weight is 623 g/mol. The summed E-state index contributed by atoms with van der Waals surface area (Å²) < 4.78 is 47.4. The van der Waals surface area contributed by atoms with Gasteiger partial charge in [0.25, 0.3) is 6.01 Å². The fourth-order valence-corrected chi connectivity index (χ4v) is 5.97. The summed E-state index contributed by atoms with van der Waals surface area (Å²) in [6, 6.07) is 32.0. The number of halogens is 3. The lowest BCUT2D eigenvalue weighted by Crippen LogP contribution is -2.33. The minimum atomic E-state index is -4.83. The highest BCUT2D eigenvalue weighted by molar-refractivity contribution is 5.98. The van der Waals surface area contributed by atoms with Crippen LogP contribution in [0.4, 0.5) is 19.2 Å². The molecule has 0 saturated carbocycles. The van der Waals surface area contributed by atoms with Gasteiger partial charge in [-0.3, -0.25) is 9.59 Å². The Bertz CT molecular complexity index is 1820. The maximum atomic E-state index is 13.9. The maximum Gasteiger partial charge on any atom is 0.437 e. The molecule has 234 valence electrons. The van der Waals surface area contributed by atoms with E-state index < -0.39 is 23.4 Å². The minimum Gasteiger partial charge on any atom is -0.420 e. The minimum absolute atomic E-state index is 0.0279. The van der Waals surface area contributed by atoms with E-state index in [0.29, 0.717) is 36.6 Å². The molecule has 4 aromatic carbocycles. The standard InChI is InChI=1S/C38H33F3N2O3/c1-25-7-5-6-10-32(25)24-33(44)31-17-15-29(16-18-31)28-13-11-26(12-14-28)23-34(45)35-36(38(39,40)41)42-37(46-35)43-21-19-30(20-22-43)27-8-3-2-4-9-27/h2-18,30H,19-24H2,1H3. The molecule has 1 aliphatic heterocycles. The van der Waals surface area contributed by atoms with Crippen LogP contribution in [0.2, 0.25) is 0 Å². The van der Waals surface area contributed by atoms with E-state index in [-0.39, 0.29) is 18.2 Å². The molecule has 5 nitrogen and oxygen atoms in total. The molecule has 0 spiro atoms. The Morgan fingerprint density at radius 1 is 0.783 bits per heavy atom. The lowest BCUT2D eigenvalue weighted by Gasteiger charge is -2.31. The highest BCUT2D eigenvalue weighted by Crippen LogP contribution is 2.37. The number of aromatic nitrogens is 1. The second kappa shape index (κ2) is 13.2. The first-order chi connectivity index (χ1) is 22.2. The Morgan fingerprint density at radius 3 is 2.02 bits per heavy atom. The number of Topliss-reactive ketones (excluding diaryl/α,β-unsaturated/α-hetero) is 2. The fourth-order valence-electron chi connectivity index (χ4n) is 5.97. The van der Waals surface area contributed by atoms with Crippen LogP contribution in [0.15, 0.2) is 108 Å². The van der Waals surface area contributed by atoms with Crippen molar-refractivity contribution in [3.05, 3.63) is 142 Å². The largest absolute Gasteiger partial charge is 0.437 e. The van der Waals surface area contributed by atoms with Crippen LogP contribution < -0.4 is 4.90 Å². The van der Waals surface area contributed by atoms with Gasteiger partial charge in [-0.25, -0.2) is 0 Å². The van der Waals surface area contributed by atoms with Crippen molar-refractivity contribution >= 4 is 17.6 Å². The molecule has 1 aliphatic rings. The number of benzene rings is 4. The quantitative estimate of drug-likeness (QED) is 0.154. The zero-order valence-corrected chi connectivity index (χ0v) is 25.4. The number of piperidine rings is 1. The van der Waals surface area contributed by atoms with Crippen LogP contribution in [-0.4, -0.2) is 29.6 Å². The van der Waals surface area contributed by atoms with E-state index in [2.05, 4.69) is 17.1 Å².